The maximum absolute atomic E-state index is 14.9. The standard InChI is InChI=1S/C35H41N3O5S/c1-6-43-25-16-14-24(15-17-25)36-20-10-18-34(5)27(30(36)40)28-31(41)38(26(22-39)23-12-8-7-9-13-23)29-32(42)37(33(2,3)4)21-11-19-35(28,29)44-34/h7-19,26-29,39H,6,20-22H2,1-5H3/t26-,27-,28+,29?,34+,35+/m1/s1. The smallest absolute Gasteiger partial charge is 0.247 e. The predicted octanol–water partition coefficient (Wildman–Crippen LogP) is 4.61. The van der Waals surface area contributed by atoms with Crippen LogP contribution in [-0.2, 0) is 14.4 Å². The molecule has 2 saturated heterocycles. The van der Waals surface area contributed by atoms with E-state index in [-0.39, 0.29) is 24.3 Å². The van der Waals surface area contributed by atoms with Crippen molar-refractivity contribution in [3.05, 3.63) is 84.5 Å². The summed E-state index contributed by atoms with van der Waals surface area (Å²) in [5.74, 6) is -1.40. The van der Waals surface area contributed by atoms with Gasteiger partial charge in [0, 0.05) is 29.1 Å². The number of amides is 3. The predicted molar refractivity (Wildman–Crippen MR) is 172 cm³/mol. The maximum atomic E-state index is 14.9. The molecule has 4 aliphatic rings. The highest BCUT2D eigenvalue weighted by atomic mass is 32.2. The van der Waals surface area contributed by atoms with E-state index < -0.39 is 39.0 Å². The van der Waals surface area contributed by atoms with E-state index in [1.807, 2.05) is 112 Å². The lowest BCUT2D eigenvalue weighted by atomic mass is 9.74. The number of aliphatic hydroxyl groups excluding tert-OH is 1. The molecule has 2 fully saturated rings. The van der Waals surface area contributed by atoms with Gasteiger partial charge < -0.3 is 24.5 Å². The Morgan fingerprint density at radius 1 is 0.932 bits per heavy atom. The zero-order valence-corrected chi connectivity index (χ0v) is 26.8. The van der Waals surface area contributed by atoms with Crippen LogP contribution in [0.2, 0.25) is 0 Å². The number of likely N-dealkylation sites (tertiary alicyclic amines) is 1. The molecule has 0 saturated carbocycles. The van der Waals surface area contributed by atoms with Gasteiger partial charge in [-0.25, -0.2) is 0 Å². The molecule has 232 valence electrons. The van der Waals surface area contributed by atoms with Crippen molar-refractivity contribution in [2.75, 3.05) is 31.2 Å². The molecule has 44 heavy (non-hydrogen) atoms. The second-order valence-corrected chi connectivity index (χ2v) is 14.9. The first-order chi connectivity index (χ1) is 21.0. The summed E-state index contributed by atoms with van der Waals surface area (Å²) in [6.45, 7) is 10.9. The Labute approximate surface area is 263 Å². The van der Waals surface area contributed by atoms with E-state index in [0.29, 0.717) is 19.7 Å². The highest BCUT2D eigenvalue weighted by Gasteiger charge is 2.74. The quantitative estimate of drug-likeness (QED) is 0.478. The molecule has 4 aliphatic heterocycles. The summed E-state index contributed by atoms with van der Waals surface area (Å²) < 4.78 is 3.88. The fraction of sp³-hybridized carbons (Fsp3) is 0.457. The van der Waals surface area contributed by atoms with Gasteiger partial charge in [-0.05, 0) is 64.4 Å². The van der Waals surface area contributed by atoms with Gasteiger partial charge in [0.1, 0.15) is 11.8 Å². The van der Waals surface area contributed by atoms with Crippen molar-refractivity contribution in [3.63, 3.8) is 0 Å². The van der Waals surface area contributed by atoms with Crippen LogP contribution in [-0.4, -0.2) is 80.0 Å². The highest BCUT2D eigenvalue weighted by Crippen LogP contribution is 2.66. The molecule has 0 bridgehead atoms. The number of nitrogens with zero attached hydrogens (tertiary/aromatic N) is 3. The van der Waals surface area contributed by atoms with Crippen molar-refractivity contribution in [3.8, 4) is 5.75 Å². The molecule has 9 heteroatoms. The minimum Gasteiger partial charge on any atom is -0.494 e. The second kappa shape index (κ2) is 11.1. The van der Waals surface area contributed by atoms with Crippen molar-refractivity contribution in [2.24, 2.45) is 11.8 Å². The number of hydrogen-bond donors (Lipinski definition) is 1. The van der Waals surface area contributed by atoms with Crippen LogP contribution in [0.5, 0.6) is 5.75 Å². The van der Waals surface area contributed by atoms with Gasteiger partial charge in [-0.15, -0.1) is 11.8 Å². The lowest BCUT2D eigenvalue weighted by molar-refractivity contribution is -0.148. The van der Waals surface area contributed by atoms with Crippen molar-refractivity contribution in [1.82, 2.24) is 9.80 Å². The molecule has 6 atom stereocenters. The number of fused-ring (bicyclic) bond motifs is 2. The van der Waals surface area contributed by atoms with Gasteiger partial charge in [-0.3, -0.25) is 14.4 Å². The summed E-state index contributed by atoms with van der Waals surface area (Å²) in [5, 5.41) is 10.8. The van der Waals surface area contributed by atoms with Gasteiger partial charge >= 0.3 is 0 Å². The molecule has 1 spiro atoms. The maximum Gasteiger partial charge on any atom is 0.247 e. The average Bonchev–Trinajstić information content (AvgIpc) is 3.25. The summed E-state index contributed by atoms with van der Waals surface area (Å²) in [4.78, 5) is 49.5. The first-order valence-electron chi connectivity index (χ1n) is 15.4. The van der Waals surface area contributed by atoms with E-state index >= 15 is 0 Å². The Balaban J connectivity index is 1.49. The summed E-state index contributed by atoms with van der Waals surface area (Å²) in [7, 11) is 0. The molecule has 2 aromatic rings. The molecule has 1 N–H and O–H groups in total. The van der Waals surface area contributed by atoms with E-state index in [1.165, 1.54) is 0 Å². The van der Waals surface area contributed by atoms with Crippen molar-refractivity contribution in [2.45, 2.75) is 61.7 Å². The molecule has 3 amide bonds. The summed E-state index contributed by atoms with van der Waals surface area (Å²) in [5.41, 5.74) is 0.970. The zero-order chi connectivity index (χ0) is 31.4. The Hall–Kier alpha value is -3.56. The topological polar surface area (TPSA) is 90.4 Å². The van der Waals surface area contributed by atoms with Gasteiger partial charge in [-0.1, -0.05) is 54.6 Å². The number of ether oxygens (including phenoxy) is 1. The van der Waals surface area contributed by atoms with E-state index in [9.17, 15) is 19.5 Å². The molecule has 6 rings (SSSR count). The van der Waals surface area contributed by atoms with E-state index in [4.69, 9.17) is 4.74 Å². The fourth-order valence-electron chi connectivity index (χ4n) is 7.55. The van der Waals surface area contributed by atoms with Crippen molar-refractivity contribution in [1.29, 1.82) is 0 Å². The fourth-order valence-corrected chi connectivity index (χ4v) is 9.69. The zero-order valence-electron chi connectivity index (χ0n) is 26.0. The van der Waals surface area contributed by atoms with E-state index in [0.717, 1.165) is 17.0 Å². The van der Waals surface area contributed by atoms with Crippen LogP contribution in [0, 0.1) is 11.8 Å². The lowest BCUT2D eigenvalue weighted by Crippen LogP contribution is -2.58. The van der Waals surface area contributed by atoms with Gasteiger partial charge in [0.15, 0.2) is 0 Å². The molecule has 0 aliphatic carbocycles. The van der Waals surface area contributed by atoms with E-state index in [2.05, 4.69) is 6.08 Å². The van der Waals surface area contributed by atoms with Crippen LogP contribution in [0.1, 0.15) is 46.2 Å². The second-order valence-electron chi connectivity index (χ2n) is 13.2. The first-order valence-corrected chi connectivity index (χ1v) is 16.2. The van der Waals surface area contributed by atoms with E-state index in [1.54, 1.807) is 21.6 Å². The van der Waals surface area contributed by atoms with Crippen LogP contribution in [0.15, 0.2) is 78.9 Å². The number of carbonyl (C=O) groups is 3. The number of aliphatic hydroxyl groups is 1. The first kappa shape index (κ1) is 30.5. The minimum absolute atomic E-state index is 0.150. The molecule has 0 aromatic heterocycles. The lowest BCUT2D eigenvalue weighted by Gasteiger charge is -2.42. The third-order valence-corrected chi connectivity index (χ3v) is 11.3. The molecular formula is C35H41N3O5S. The molecule has 1 unspecified atom stereocenters. The van der Waals surface area contributed by atoms with Crippen LogP contribution >= 0.6 is 11.8 Å². The number of carbonyl (C=O) groups excluding carboxylic acids is 3. The molecule has 8 nitrogen and oxygen atoms in total. The SMILES string of the molecule is CCOc1ccc(N2CC=C[C@]3(C)S[C@]45C=CCN(C(C)(C)C)C(=O)C4N([C@H](CO)c4ccccc4)C(=O)[C@@H]5[C@@H]3C2=O)cc1. The van der Waals surface area contributed by atoms with Crippen molar-refractivity contribution < 1.29 is 24.2 Å². The molecular weight excluding hydrogens is 574 g/mol. The summed E-state index contributed by atoms with van der Waals surface area (Å²) in [6, 6.07) is 15.2. The Bertz CT molecular complexity index is 1500. The van der Waals surface area contributed by atoms with Crippen LogP contribution in [0.4, 0.5) is 5.69 Å². The summed E-state index contributed by atoms with van der Waals surface area (Å²) >= 11 is 1.55. The van der Waals surface area contributed by atoms with Gasteiger partial charge in [0.2, 0.25) is 17.7 Å². The monoisotopic (exact) mass is 615 g/mol. The Morgan fingerprint density at radius 3 is 2.25 bits per heavy atom. The summed E-state index contributed by atoms with van der Waals surface area (Å²) in [6.07, 6.45) is 8.07. The van der Waals surface area contributed by atoms with Crippen molar-refractivity contribution >= 4 is 35.2 Å². The van der Waals surface area contributed by atoms with Gasteiger partial charge in [-0.2, -0.15) is 0 Å². The highest BCUT2D eigenvalue weighted by molar-refractivity contribution is 8.02. The molecule has 4 heterocycles. The third-order valence-electron chi connectivity index (χ3n) is 9.46. The number of benzene rings is 2. The molecule has 2 aromatic carbocycles. The van der Waals surface area contributed by atoms with Crippen LogP contribution in [0.25, 0.3) is 0 Å². The van der Waals surface area contributed by atoms with Crippen LogP contribution in [0.3, 0.4) is 0 Å². The number of anilines is 1. The largest absolute Gasteiger partial charge is 0.494 e. The third kappa shape index (κ3) is 4.67. The van der Waals surface area contributed by atoms with Gasteiger partial charge in [0.25, 0.3) is 0 Å². The minimum atomic E-state index is -1.00. The average molecular weight is 616 g/mol. The Kier molecular flexibility index (Phi) is 7.69. The number of hydrogen-bond acceptors (Lipinski definition) is 6. The normalized spacial score (nSPS) is 30.5. The van der Waals surface area contributed by atoms with Crippen LogP contribution < -0.4 is 9.64 Å². The number of rotatable bonds is 6. The molecule has 0 radical (unpaired) electrons. The van der Waals surface area contributed by atoms with Gasteiger partial charge in [0.05, 0.1) is 35.8 Å². The number of thioether (sulfide) groups is 1. The Morgan fingerprint density at radius 2 is 1.61 bits per heavy atom.